The van der Waals surface area contributed by atoms with Crippen molar-refractivity contribution < 1.29 is 5.11 Å². The minimum absolute atomic E-state index is 0.260. The highest BCUT2D eigenvalue weighted by Gasteiger charge is 2.19. The molecule has 0 spiro atoms. The van der Waals surface area contributed by atoms with Gasteiger partial charge >= 0.3 is 0 Å². The SMILES string of the molecule is OC1CCc2nc(Cc3cccs3)nn2C1. The van der Waals surface area contributed by atoms with Crippen LogP contribution in [0.4, 0.5) is 0 Å². The van der Waals surface area contributed by atoms with Gasteiger partial charge in [0, 0.05) is 17.7 Å². The van der Waals surface area contributed by atoms with Crippen molar-refractivity contribution in [3.63, 3.8) is 0 Å². The van der Waals surface area contributed by atoms with Gasteiger partial charge in [0.25, 0.3) is 0 Å². The highest BCUT2D eigenvalue weighted by Crippen LogP contribution is 2.16. The van der Waals surface area contributed by atoms with Gasteiger partial charge in [-0.1, -0.05) is 6.07 Å². The van der Waals surface area contributed by atoms with E-state index in [0.717, 1.165) is 30.9 Å². The third-order valence-electron chi connectivity index (χ3n) is 2.79. The molecule has 16 heavy (non-hydrogen) atoms. The summed E-state index contributed by atoms with van der Waals surface area (Å²) in [6, 6.07) is 4.14. The van der Waals surface area contributed by atoms with Crippen molar-refractivity contribution in [1.82, 2.24) is 14.8 Å². The summed E-state index contributed by atoms with van der Waals surface area (Å²) in [5, 5.41) is 16.0. The first kappa shape index (κ1) is 9.99. The zero-order chi connectivity index (χ0) is 11.0. The zero-order valence-corrected chi connectivity index (χ0v) is 9.65. The normalized spacial score (nSPS) is 19.7. The van der Waals surface area contributed by atoms with Gasteiger partial charge in [-0.15, -0.1) is 11.3 Å². The third kappa shape index (κ3) is 1.88. The molecule has 1 atom stereocenters. The number of hydrogen-bond donors (Lipinski definition) is 1. The molecule has 5 heteroatoms. The van der Waals surface area contributed by atoms with E-state index in [1.54, 1.807) is 11.3 Å². The average molecular weight is 235 g/mol. The lowest BCUT2D eigenvalue weighted by molar-refractivity contribution is 0.124. The first-order chi connectivity index (χ1) is 7.81. The maximum absolute atomic E-state index is 9.54. The Morgan fingerprint density at radius 2 is 2.50 bits per heavy atom. The second-order valence-electron chi connectivity index (χ2n) is 4.08. The number of aliphatic hydroxyl groups excluding tert-OH is 1. The lowest BCUT2D eigenvalue weighted by Gasteiger charge is -2.16. The monoisotopic (exact) mass is 235 g/mol. The summed E-state index contributed by atoms with van der Waals surface area (Å²) < 4.78 is 1.84. The van der Waals surface area contributed by atoms with Crippen LogP contribution in [0, 0.1) is 0 Å². The molecule has 3 heterocycles. The van der Waals surface area contributed by atoms with Crippen LogP contribution < -0.4 is 0 Å². The Kier molecular flexibility index (Phi) is 2.49. The van der Waals surface area contributed by atoms with Gasteiger partial charge in [0.1, 0.15) is 5.82 Å². The molecule has 1 aliphatic heterocycles. The van der Waals surface area contributed by atoms with Crippen molar-refractivity contribution in [3.05, 3.63) is 34.0 Å². The standard InChI is InChI=1S/C11H13N3OS/c15-8-3-4-11-12-10(13-14(11)7-8)6-9-2-1-5-16-9/h1-2,5,8,15H,3-4,6-7H2. The Hall–Kier alpha value is -1.20. The zero-order valence-electron chi connectivity index (χ0n) is 8.83. The molecule has 1 aliphatic rings. The van der Waals surface area contributed by atoms with Crippen molar-refractivity contribution in [3.8, 4) is 0 Å². The van der Waals surface area contributed by atoms with Gasteiger partial charge in [-0.05, 0) is 17.9 Å². The first-order valence-corrected chi connectivity index (χ1v) is 6.32. The van der Waals surface area contributed by atoms with E-state index in [9.17, 15) is 5.11 Å². The van der Waals surface area contributed by atoms with E-state index in [1.807, 2.05) is 10.7 Å². The molecule has 0 aromatic carbocycles. The number of rotatable bonds is 2. The van der Waals surface area contributed by atoms with Gasteiger partial charge in [0.15, 0.2) is 5.82 Å². The molecule has 0 radical (unpaired) electrons. The second kappa shape index (κ2) is 3.99. The Morgan fingerprint density at radius 3 is 3.31 bits per heavy atom. The van der Waals surface area contributed by atoms with Crippen molar-refractivity contribution in [1.29, 1.82) is 0 Å². The van der Waals surface area contributed by atoms with Gasteiger partial charge in [0.05, 0.1) is 12.6 Å². The highest BCUT2D eigenvalue weighted by molar-refractivity contribution is 7.09. The molecule has 2 aromatic heterocycles. The molecule has 0 aliphatic carbocycles. The van der Waals surface area contributed by atoms with Gasteiger partial charge in [0.2, 0.25) is 0 Å². The Morgan fingerprint density at radius 1 is 1.56 bits per heavy atom. The molecule has 0 amide bonds. The molecule has 0 bridgehead atoms. The maximum atomic E-state index is 9.54. The van der Waals surface area contributed by atoms with Crippen LogP contribution in [0.25, 0.3) is 0 Å². The van der Waals surface area contributed by atoms with E-state index < -0.39 is 0 Å². The third-order valence-corrected chi connectivity index (χ3v) is 3.67. The van der Waals surface area contributed by atoms with E-state index in [2.05, 4.69) is 21.5 Å². The maximum Gasteiger partial charge on any atom is 0.156 e. The van der Waals surface area contributed by atoms with E-state index >= 15 is 0 Å². The van der Waals surface area contributed by atoms with Crippen LogP contribution >= 0.6 is 11.3 Å². The lowest BCUT2D eigenvalue weighted by Crippen LogP contribution is -2.25. The van der Waals surface area contributed by atoms with Crippen LogP contribution in [0.1, 0.15) is 22.9 Å². The van der Waals surface area contributed by atoms with Crippen molar-refractivity contribution in [2.24, 2.45) is 0 Å². The summed E-state index contributed by atoms with van der Waals surface area (Å²) in [4.78, 5) is 5.79. The van der Waals surface area contributed by atoms with E-state index in [4.69, 9.17) is 0 Å². The molecule has 4 nitrogen and oxygen atoms in total. The predicted octanol–water partition coefficient (Wildman–Crippen LogP) is 1.24. The minimum atomic E-state index is -0.260. The molecule has 2 aromatic rings. The van der Waals surface area contributed by atoms with Crippen LogP contribution in [0.3, 0.4) is 0 Å². The Bertz CT molecular complexity index is 477. The summed E-state index contributed by atoms with van der Waals surface area (Å²) in [6.07, 6.45) is 2.17. The van der Waals surface area contributed by atoms with E-state index in [0.29, 0.717) is 6.54 Å². The smallest absolute Gasteiger partial charge is 0.156 e. The van der Waals surface area contributed by atoms with E-state index in [1.165, 1.54) is 4.88 Å². The Balaban J connectivity index is 1.82. The van der Waals surface area contributed by atoms with Crippen LogP contribution in [-0.2, 0) is 19.4 Å². The van der Waals surface area contributed by atoms with Gasteiger partial charge in [-0.2, -0.15) is 5.10 Å². The number of aryl methyl sites for hydroxylation is 1. The number of fused-ring (bicyclic) bond motifs is 1. The number of hydrogen-bond acceptors (Lipinski definition) is 4. The van der Waals surface area contributed by atoms with Gasteiger partial charge in [-0.25, -0.2) is 9.67 Å². The van der Waals surface area contributed by atoms with Crippen LogP contribution in [-0.4, -0.2) is 26.0 Å². The predicted molar refractivity (Wildman–Crippen MR) is 61.5 cm³/mol. The first-order valence-electron chi connectivity index (χ1n) is 5.44. The van der Waals surface area contributed by atoms with Crippen LogP contribution in [0.5, 0.6) is 0 Å². The molecule has 3 rings (SSSR count). The average Bonchev–Trinajstić information content (AvgIpc) is 2.86. The van der Waals surface area contributed by atoms with Gasteiger partial charge < -0.3 is 5.11 Å². The number of aliphatic hydroxyl groups is 1. The van der Waals surface area contributed by atoms with Crippen LogP contribution in [0.2, 0.25) is 0 Å². The molecule has 0 saturated carbocycles. The summed E-state index contributed by atoms with van der Waals surface area (Å²) in [5.41, 5.74) is 0. The molecule has 1 unspecified atom stereocenters. The fourth-order valence-electron chi connectivity index (χ4n) is 1.99. The number of aromatic nitrogens is 3. The molecule has 84 valence electrons. The van der Waals surface area contributed by atoms with Crippen molar-refractivity contribution in [2.45, 2.75) is 31.9 Å². The quantitative estimate of drug-likeness (QED) is 0.852. The highest BCUT2D eigenvalue weighted by atomic mass is 32.1. The molecular formula is C11H13N3OS. The molecular weight excluding hydrogens is 222 g/mol. The fraction of sp³-hybridized carbons (Fsp3) is 0.455. The van der Waals surface area contributed by atoms with Gasteiger partial charge in [-0.3, -0.25) is 0 Å². The Labute approximate surface area is 97.6 Å². The van der Waals surface area contributed by atoms with Crippen molar-refractivity contribution >= 4 is 11.3 Å². The summed E-state index contributed by atoms with van der Waals surface area (Å²) in [5.74, 6) is 1.88. The number of nitrogens with zero attached hydrogens (tertiary/aromatic N) is 3. The second-order valence-corrected chi connectivity index (χ2v) is 5.11. The lowest BCUT2D eigenvalue weighted by atomic mass is 10.1. The summed E-state index contributed by atoms with van der Waals surface area (Å²) in [7, 11) is 0. The molecule has 0 saturated heterocycles. The molecule has 0 fully saturated rings. The van der Waals surface area contributed by atoms with Crippen molar-refractivity contribution in [2.75, 3.05) is 0 Å². The molecule has 1 N–H and O–H groups in total. The van der Waals surface area contributed by atoms with Crippen LogP contribution in [0.15, 0.2) is 17.5 Å². The number of thiophene rings is 1. The van der Waals surface area contributed by atoms with E-state index in [-0.39, 0.29) is 6.10 Å². The minimum Gasteiger partial charge on any atom is -0.391 e. The largest absolute Gasteiger partial charge is 0.391 e. The summed E-state index contributed by atoms with van der Waals surface area (Å²) in [6.45, 7) is 0.590. The topological polar surface area (TPSA) is 50.9 Å². The summed E-state index contributed by atoms with van der Waals surface area (Å²) >= 11 is 1.73. The fourth-order valence-corrected chi connectivity index (χ4v) is 2.69.